The van der Waals surface area contributed by atoms with Gasteiger partial charge < -0.3 is 9.47 Å². The van der Waals surface area contributed by atoms with Crippen molar-refractivity contribution in [2.75, 3.05) is 40.4 Å². The number of esters is 1. The van der Waals surface area contributed by atoms with E-state index in [4.69, 9.17) is 9.47 Å². The smallest absolute Gasteiger partial charge is 0.316 e. The minimum Gasteiger partial charge on any atom is -0.463 e. The van der Waals surface area contributed by atoms with Crippen LogP contribution in [0.5, 0.6) is 0 Å². The summed E-state index contributed by atoms with van der Waals surface area (Å²) in [6, 6.07) is 4.12. The van der Waals surface area contributed by atoms with Gasteiger partial charge in [-0.25, -0.2) is 0 Å². The molecule has 0 amide bonds. The third-order valence-corrected chi connectivity index (χ3v) is 7.37. The first-order valence-electron chi connectivity index (χ1n) is 11.9. The van der Waals surface area contributed by atoms with Crippen molar-refractivity contribution in [2.45, 2.75) is 64.1 Å². The van der Waals surface area contributed by atoms with Crippen LogP contribution in [0.1, 0.15) is 51.5 Å². The van der Waals surface area contributed by atoms with E-state index in [0.717, 1.165) is 45.4 Å². The third-order valence-electron chi connectivity index (χ3n) is 7.37. The molecule has 178 valence electrons. The highest BCUT2D eigenvalue weighted by Crippen LogP contribution is 2.31. The molecule has 3 rings (SSSR count). The van der Waals surface area contributed by atoms with Crippen molar-refractivity contribution < 1.29 is 19.1 Å². The Balaban J connectivity index is 1.72. The highest BCUT2D eigenvalue weighted by molar-refractivity contribution is 5.98. The van der Waals surface area contributed by atoms with Gasteiger partial charge in [0.25, 0.3) is 0 Å². The van der Waals surface area contributed by atoms with Gasteiger partial charge in [-0.1, -0.05) is 6.92 Å². The predicted molar refractivity (Wildman–Crippen MR) is 123 cm³/mol. The zero-order valence-corrected chi connectivity index (χ0v) is 20.1. The fraction of sp³-hybridized carbons (Fsp3) is 0.720. The van der Waals surface area contributed by atoms with E-state index >= 15 is 0 Å². The number of likely N-dealkylation sites (N-methyl/N-ethyl adjacent to an activating group) is 1. The topological polar surface area (TPSA) is 72.0 Å². The average Bonchev–Trinajstić information content (AvgIpc) is 2.80. The van der Waals surface area contributed by atoms with Crippen molar-refractivity contribution >= 4 is 11.8 Å². The van der Waals surface area contributed by atoms with E-state index in [1.165, 1.54) is 5.56 Å². The van der Waals surface area contributed by atoms with Crippen LogP contribution < -0.4 is 0 Å². The predicted octanol–water partition coefficient (Wildman–Crippen LogP) is 2.93. The van der Waals surface area contributed by atoms with Gasteiger partial charge in [-0.2, -0.15) is 0 Å². The molecule has 32 heavy (non-hydrogen) atoms. The van der Waals surface area contributed by atoms with Crippen LogP contribution >= 0.6 is 0 Å². The Bertz CT molecular complexity index is 749. The molecule has 0 saturated carbocycles. The Labute approximate surface area is 192 Å². The zero-order valence-electron chi connectivity index (χ0n) is 20.1. The molecule has 7 nitrogen and oxygen atoms in total. The molecule has 1 aromatic rings. The number of ketones is 1. The summed E-state index contributed by atoms with van der Waals surface area (Å²) in [4.78, 5) is 34.2. The number of hydrogen-bond acceptors (Lipinski definition) is 7. The molecular weight excluding hydrogens is 406 g/mol. The molecule has 0 N–H and O–H groups in total. The molecule has 7 heteroatoms. The van der Waals surface area contributed by atoms with Crippen LogP contribution in [-0.2, 0) is 25.6 Å². The monoisotopic (exact) mass is 445 g/mol. The fourth-order valence-electron chi connectivity index (χ4n) is 5.01. The van der Waals surface area contributed by atoms with E-state index in [1.807, 2.05) is 12.4 Å². The largest absolute Gasteiger partial charge is 0.463 e. The van der Waals surface area contributed by atoms with Gasteiger partial charge in [0.05, 0.1) is 11.6 Å². The van der Waals surface area contributed by atoms with E-state index in [2.05, 4.69) is 40.9 Å². The summed E-state index contributed by atoms with van der Waals surface area (Å²) < 4.78 is 11.4. The van der Waals surface area contributed by atoms with Crippen LogP contribution in [0.3, 0.4) is 0 Å². The Hall–Kier alpha value is -1.83. The van der Waals surface area contributed by atoms with Gasteiger partial charge in [0.2, 0.25) is 0 Å². The Morgan fingerprint density at radius 1 is 1.19 bits per heavy atom. The van der Waals surface area contributed by atoms with Gasteiger partial charge in [-0.3, -0.25) is 24.4 Å². The quantitative estimate of drug-likeness (QED) is 0.523. The summed E-state index contributed by atoms with van der Waals surface area (Å²) in [5.41, 5.74) is 1.05. The maximum atomic E-state index is 12.7. The number of aromatic nitrogens is 1. The molecular formula is C25H39N3O4. The number of cyclic esters (lactones) is 1. The summed E-state index contributed by atoms with van der Waals surface area (Å²) in [7, 11) is 3.86. The highest BCUT2D eigenvalue weighted by atomic mass is 16.5. The SMILES string of the molecule is COC1CCC(=O)C(C)C(=O)OCC2(CCN(Cc3ccncc3)CC2)N(C)C[C@H](C)C1. The minimum absolute atomic E-state index is 0.0319. The molecule has 2 unspecified atom stereocenters. The lowest BCUT2D eigenvalue weighted by molar-refractivity contribution is -0.156. The van der Waals surface area contributed by atoms with Crippen molar-refractivity contribution in [1.29, 1.82) is 0 Å². The number of carbonyl (C=O) groups is 2. The second kappa shape index (κ2) is 11.3. The Morgan fingerprint density at radius 3 is 2.53 bits per heavy atom. The number of ether oxygens (including phenoxy) is 2. The van der Waals surface area contributed by atoms with Crippen molar-refractivity contribution in [3.8, 4) is 0 Å². The first-order valence-corrected chi connectivity index (χ1v) is 11.9. The molecule has 2 aliphatic heterocycles. The summed E-state index contributed by atoms with van der Waals surface area (Å²) >= 11 is 0. The molecule has 2 aliphatic rings. The van der Waals surface area contributed by atoms with E-state index < -0.39 is 11.9 Å². The van der Waals surface area contributed by atoms with Crippen molar-refractivity contribution in [3.63, 3.8) is 0 Å². The summed E-state index contributed by atoms with van der Waals surface area (Å²) in [5, 5.41) is 0. The number of likely N-dealkylation sites (tertiary alicyclic amines) is 1. The number of carbonyl (C=O) groups excluding carboxylic acids is 2. The third kappa shape index (κ3) is 6.36. The summed E-state index contributed by atoms with van der Waals surface area (Å²) in [5.74, 6) is -0.762. The summed E-state index contributed by atoms with van der Waals surface area (Å²) in [6.07, 6.45) is 7.45. The minimum atomic E-state index is -0.722. The Kier molecular flexibility index (Phi) is 8.79. The van der Waals surface area contributed by atoms with Gasteiger partial charge in [0, 0.05) is 52.1 Å². The summed E-state index contributed by atoms with van der Waals surface area (Å²) in [6.45, 7) is 7.93. The number of rotatable bonds is 3. The lowest BCUT2D eigenvalue weighted by atomic mass is 9.85. The van der Waals surface area contributed by atoms with Crippen LogP contribution in [0.15, 0.2) is 24.5 Å². The van der Waals surface area contributed by atoms with Crippen LogP contribution in [0.25, 0.3) is 0 Å². The van der Waals surface area contributed by atoms with Crippen LogP contribution in [0.4, 0.5) is 0 Å². The number of piperidine rings is 1. The van der Waals surface area contributed by atoms with E-state index in [-0.39, 0.29) is 17.4 Å². The average molecular weight is 446 g/mol. The maximum Gasteiger partial charge on any atom is 0.316 e. The molecule has 0 radical (unpaired) electrons. The lowest BCUT2D eigenvalue weighted by Crippen LogP contribution is -2.58. The molecule has 2 saturated heterocycles. The van der Waals surface area contributed by atoms with Gasteiger partial charge in [-0.15, -0.1) is 0 Å². The van der Waals surface area contributed by atoms with Gasteiger partial charge in [-0.05, 0) is 63.3 Å². The van der Waals surface area contributed by atoms with Gasteiger partial charge in [0.1, 0.15) is 18.3 Å². The number of methoxy groups -OCH3 is 1. The number of hydrogen-bond donors (Lipinski definition) is 0. The Morgan fingerprint density at radius 2 is 1.88 bits per heavy atom. The second-order valence-electron chi connectivity index (χ2n) is 9.77. The molecule has 3 heterocycles. The van der Waals surface area contributed by atoms with Crippen molar-refractivity contribution in [3.05, 3.63) is 30.1 Å². The highest BCUT2D eigenvalue weighted by Gasteiger charge is 2.41. The first kappa shape index (κ1) is 24.8. The zero-order chi connectivity index (χ0) is 23.1. The molecule has 2 fully saturated rings. The fourth-order valence-corrected chi connectivity index (χ4v) is 5.01. The molecule has 0 aromatic carbocycles. The molecule has 3 atom stereocenters. The van der Waals surface area contributed by atoms with Crippen molar-refractivity contribution in [2.24, 2.45) is 11.8 Å². The van der Waals surface area contributed by atoms with E-state index in [9.17, 15) is 9.59 Å². The van der Waals surface area contributed by atoms with Gasteiger partial charge >= 0.3 is 5.97 Å². The number of Topliss-reactive ketones (excluding diaryl/α,β-unsaturated/α-hetero) is 1. The molecule has 0 aliphatic carbocycles. The first-order chi connectivity index (χ1) is 15.3. The van der Waals surface area contributed by atoms with E-state index in [1.54, 1.807) is 14.0 Å². The maximum absolute atomic E-state index is 12.7. The molecule has 0 bridgehead atoms. The van der Waals surface area contributed by atoms with Crippen LogP contribution in [0.2, 0.25) is 0 Å². The van der Waals surface area contributed by atoms with Crippen molar-refractivity contribution in [1.82, 2.24) is 14.8 Å². The van der Waals surface area contributed by atoms with Crippen LogP contribution in [0, 0.1) is 11.8 Å². The number of nitrogens with zero attached hydrogens (tertiary/aromatic N) is 3. The lowest BCUT2D eigenvalue weighted by Gasteiger charge is -2.48. The molecule has 1 aromatic heterocycles. The molecule has 1 spiro atoms. The normalized spacial score (nSPS) is 29.1. The van der Waals surface area contributed by atoms with Gasteiger partial charge in [0.15, 0.2) is 0 Å². The van der Waals surface area contributed by atoms with Crippen LogP contribution in [-0.4, -0.2) is 78.6 Å². The second-order valence-corrected chi connectivity index (χ2v) is 9.77. The standard InChI is InChI=1S/C25H39N3O4/c1-19-15-22(31-4)5-6-23(29)20(2)24(30)32-18-25(27(3)16-19)9-13-28(14-10-25)17-21-7-11-26-12-8-21/h7-8,11-12,19-20,22H,5-6,9-10,13-18H2,1-4H3/t19-,20?,22?/m1/s1. The van der Waals surface area contributed by atoms with E-state index in [0.29, 0.717) is 25.4 Å². The number of pyridine rings is 1.